The smallest absolute Gasteiger partial charge is 0.263 e. The van der Waals surface area contributed by atoms with Crippen molar-refractivity contribution in [3.05, 3.63) is 65.2 Å². The van der Waals surface area contributed by atoms with Crippen molar-refractivity contribution in [2.24, 2.45) is 0 Å². The van der Waals surface area contributed by atoms with Gasteiger partial charge in [-0.25, -0.2) is 0 Å². The molecule has 2 aromatic rings. The summed E-state index contributed by atoms with van der Waals surface area (Å²) >= 11 is 1.47. The number of amides is 1. The van der Waals surface area contributed by atoms with Gasteiger partial charge in [0.05, 0.1) is 17.7 Å². The van der Waals surface area contributed by atoms with Crippen LogP contribution in [0, 0.1) is 0 Å². The van der Waals surface area contributed by atoms with E-state index in [4.69, 9.17) is 4.74 Å². The zero-order valence-electron chi connectivity index (χ0n) is 12.1. The van der Waals surface area contributed by atoms with Gasteiger partial charge < -0.3 is 15.4 Å². The maximum atomic E-state index is 12.0. The molecule has 2 N–H and O–H groups in total. The summed E-state index contributed by atoms with van der Waals surface area (Å²) in [6.07, 6.45) is 1.76. The van der Waals surface area contributed by atoms with Gasteiger partial charge in [-0.1, -0.05) is 36.0 Å². The van der Waals surface area contributed by atoms with Crippen molar-refractivity contribution in [1.29, 1.82) is 0 Å². The lowest BCUT2D eigenvalue weighted by atomic mass is 10.2. The number of fused-ring (bicyclic) bond motifs is 1. The molecule has 0 aliphatic carbocycles. The first-order chi connectivity index (χ1) is 10.8. The number of hydrogen-bond donors (Lipinski definition) is 2. The van der Waals surface area contributed by atoms with Crippen LogP contribution < -0.4 is 15.4 Å². The van der Waals surface area contributed by atoms with E-state index < -0.39 is 0 Å². The molecule has 1 aliphatic rings. The second-order valence-electron chi connectivity index (χ2n) is 4.79. The quantitative estimate of drug-likeness (QED) is 0.850. The third-order valence-corrected chi connectivity index (χ3v) is 4.38. The Morgan fingerprint density at radius 2 is 1.95 bits per heavy atom. The van der Waals surface area contributed by atoms with Gasteiger partial charge >= 0.3 is 0 Å². The van der Waals surface area contributed by atoms with Crippen LogP contribution in [-0.2, 0) is 11.3 Å². The van der Waals surface area contributed by atoms with Crippen molar-refractivity contribution in [2.75, 3.05) is 12.4 Å². The standard InChI is InChI=1S/C17H16N2O2S/c1-21-13-8-6-12(7-9-13)10-18-11-16-17(20)19-14-4-2-3-5-15(14)22-16/h2-9,11,18H,10H2,1H3,(H,19,20)/b16-11+. The van der Waals surface area contributed by atoms with Crippen molar-refractivity contribution >= 4 is 23.4 Å². The number of methoxy groups -OCH3 is 1. The summed E-state index contributed by atoms with van der Waals surface area (Å²) in [5.41, 5.74) is 1.99. The molecule has 0 radical (unpaired) electrons. The highest BCUT2D eigenvalue weighted by Gasteiger charge is 2.20. The molecule has 0 spiro atoms. The molecule has 5 heteroatoms. The molecule has 0 unspecified atom stereocenters. The van der Waals surface area contributed by atoms with E-state index in [0.717, 1.165) is 21.9 Å². The SMILES string of the molecule is COc1ccc(CN/C=C2/Sc3ccccc3NC2=O)cc1. The number of rotatable bonds is 4. The van der Waals surface area contributed by atoms with E-state index in [1.807, 2.05) is 48.5 Å². The number of hydrogen-bond acceptors (Lipinski definition) is 4. The van der Waals surface area contributed by atoms with Gasteiger partial charge in [-0.3, -0.25) is 4.79 Å². The van der Waals surface area contributed by atoms with Gasteiger partial charge in [0.2, 0.25) is 0 Å². The number of thioether (sulfide) groups is 1. The lowest BCUT2D eigenvalue weighted by Crippen LogP contribution is -2.19. The number of anilines is 1. The maximum Gasteiger partial charge on any atom is 0.263 e. The number of carbonyl (C=O) groups is 1. The van der Waals surface area contributed by atoms with Crippen LogP contribution in [0.25, 0.3) is 0 Å². The van der Waals surface area contributed by atoms with E-state index in [0.29, 0.717) is 11.4 Å². The van der Waals surface area contributed by atoms with Crippen LogP contribution in [0.5, 0.6) is 5.75 Å². The van der Waals surface area contributed by atoms with Gasteiger partial charge in [-0.2, -0.15) is 0 Å². The van der Waals surface area contributed by atoms with Crippen LogP contribution in [0.15, 0.2) is 64.5 Å². The molecule has 0 fully saturated rings. The summed E-state index contributed by atoms with van der Waals surface area (Å²) in [5, 5.41) is 6.07. The lowest BCUT2D eigenvalue weighted by molar-refractivity contribution is -0.112. The largest absolute Gasteiger partial charge is 0.497 e. The van der Waals surface area contributed by atoms with E-state index >= 15 is 0 Å². The fraction of sp³-hybridized carbons (Fsp3) is 0.118. The van der Waals surface area contributed by atoms with E-state index in [1.54, 1.807) is 13.3 Å². The Balaban J connectivity index is 1.64. The van der Waals surface area contributed by atoms with Crippen LogP contribution in [-0.4, -0.2) is 13.0 Å². The Bertz CT molecular complexity index is 711. The highest BCUT2D eigenvalue weighted by Crippen LogP contribution is 2.37. The summed E-state index contributed by atoms with van der Waals surface area (Å²) in [6.45, 7) is 0.656. The number of benzene rings is 2. The first-order valence-corrected chi connectivity index (χ1v) is 7.72. The monoisotopic (exact) mass is 312 g/mol. The highest BCUT2D eigenvalue weighted by molar-refractivity contribution is 8.04. The molecule has 1 aliphatic heterocycles. The molecule has 1 amide bonds. The molecule has 0 aromatic heterocycles. The Hall–Kier alpha value is -2.40. The number of nitrogens with one attached hydrogen (secondary N) is 2. The molecule has 0 saturated carbocycles. The second kappa shape index (κ2) is 6.58. The number of para-hydroxylation sites is 1. The number of ether oxygens (including phenoxy) is 1. The first kappa shape index (κ1) is 14.5. The number of carbonyl (C=O) groups excluding carboxylic acids is 1. The average molecular weight is 312 g/mol. The Morgan fingerprint density at radius 1 is 1.18 bits per heavy atom. The summed E-state index contributed by atoms with van der Waals surface area (Å²) in [5.74, 6) is 0.756. The normalized spacial score (nSPS) is 15.1. The van der Waals surface area contributed by atoms with E-state index in [1.165, 1.54) is 11.8 Å². The topological polar surface area (TPSA) is 50.4 Å². The van der Waals surface area contributed by atoms with Crippen molar-refractivity contribution in [2.45, 2.75) is 11.4 Å². The molecule has 22 heavy (non-hydrogen) atoms. The van der Waals surface area contributed by atoms with Crippen LogP contribution in [0.3, 0.4) is 0 Å². The zero-order chi connectivity index (χ0) is 15.4. The van der Waals surface area contributed by atoms with E-state index in [2.05, 4.69) is 10.6 Å². The average Bonchev–Trinajstić information content (AvgIpc) is 2.56. The van der Waals surface area contributed by atoms with Crippen LogP contribution in [0.1, 0.15) is 5.56 Å². The van der Waals surface area contributed by atoms with Crippen LogP contribution in [0.2, 0.25) is 0 Å². The zero-order valence-corrected chi connectivity index (χ0v) is 12.9. The van der Waals surface area contributed by atoms with Crippen molar-refractivity contribution in [1.82, 2.24) is 5.32 Å². The molecule has 2 aromatic carbocycles. The molecule has 0 bridgehead atoms. The second-order valence-corrected chi connectivity index (χ2v) is 5.87. The lowest BCUT2D eigenvalue weighted by Gasteiger charge is -2.18. The Morgan fingerprint density at radius 3 is 2.73 bits per heavy atom. The van der Waals surface area contributed by atoms with Gasteiger partial charge in [0, 0.05) is 17.6 Å². The summed E-state index contributed by atoms with van der Waals surface area (Å²) in [6, 6.07) is 15.6. The van der Waals surface area contributed by atoms with Crippen LogP contribution in [0.4, 0.5) is 5.69 Å². The fourth-order valence-corrected chi connectivity index (χ4v) is 3.01. The predicted molar refractivity (Wildman–Crippen MR) is 88.8 cm³/mol. The van der Waals surface area contributed by atoms with Gasteiger partial charge in [0.15, 0.2) is 0 Å². The molecule has 1 heterocycles. The minimum absolute atomic E-state index is 0.0778. The molecule has 4 nitrogen and oxygen atoms in total. The van der Waals surface area contributed by atoms with Crippen molar-refractivity contribution in [3.63, 3.8) is 0 Å². The Labute approximate surface area is 133 Å². The van der Waals surface area contributed by atoms with Crippen molar-refractivity contribution < 1.29 is 9.53 Å². The van der Waals surface area contributed by atoms with E-state index in [-0.39, 0.29) is 5.91 Å². The first-order valence-electron chi connectivity index (χ1n) is 6.91. The molecule has 112 valence electrons. The molecule has 0 saturated heterocycles. The third kappa shape index (κ3) is 3.26. The minimum atomic E-state index is -0.0778. The van der Waals surface area contributed by atoms with Crippen molar-refractivity contribution in [3.8, 4) is 5.75 Å². The van der Waals surface area contributed by atoms with E-state index in [9.17, 15) is 4.79 Å². The molecule has 0 atom stereocenters. The van der Waals surface area contributed by atoms with Gasteiger partial charge in [0.1, 0.15) is 5.75 Å². The van der Waals surface area contributed by atoms with Gasteiger partial charge in [-0.15, -0.1) is 0 Å². The van der Waals surface area contributed by atoms with Crippen LogP contribution >= 0.6 is 11.8 Å². The predicted octanol–water partition coefficient (Wildman–Crippen LogP) is 3.37. The Kier molecular flexibility index (Phi) is 4.34. The molecular weight excluding hydrogens is 296 g/mol. The maximum absolute atomic E-state index is 12.0. The molecule has 3 rings (SSSR count). The summed E-state index contributed by atoms with van der Waals surface area (Å²) in [7, 11) is 1.65. The third-order valence-electron chi connectivity index (χ3n) is 3.28. The fourth-order valence-electron chi connectivity index (χ4n) is 2.11. The van der Waals surface area contributed by atoms with Gasteiger partial charge in [0.25, 0.3) is 5.91 Å². The molecular formula is C17H16N2O2S. The summed E-state index contributed by atoms with van der Waals surface area (Å²) < 4.78 is 5.13. The highest BCUT2D eigenvalue weighted by atomic mass is 32.2. The minimum Gasteiger partial charge on any atom is -0.497 e. The summed E-state index contributed by atoms with van der Waals surface area (Å²) in [4.78, 5) is 13.7. The van der Waals surface area contributed by atoms with Gasteiger partial charge in [-0.05, 0) is 29.8 Å².